The molecule has 0 saturated carbocycles. The number of benzene rings is 1. The summed E-state index contributed by atoms with van der Waals surface area (Å²) in [5.41, 5.74) is 2.01. The van der Waals surface area contributed by atoms with Crippen molar-refractivity contribution in [3.8, 4) is 0 Å². The van der Waals surface area contributed by atoms with Crippen molar-refractivity contribution in [1.82, 2.24) is 9.97 Å². The van der Waals surface area contributed by atoms with Crippen LogP contribution in [0.4, 0.5) is 0 Å². The first-order valence-electron chi connectivity index (χ1n) is 5.60. The molecule has 1 unspecified atom stereocenters. The number of H-pyrrole nitrogens is 1. The summed E-state index contributed by atoms with van der Waals surface area (Å²) in [4.78, 5) is 19.8. The number of aromatic amines is 1. The van der Waals surface area contributed by atoms with Gasteiger partial charge in [-0.15, -0.1) is 11.8 Å². The molecule has 0 amide bonds. The third kappa shape index (κ3) is 1.89. The second kappa shape index (κ2) is 4.37. The summed E-state index contributed by atoms with van der Waals surface area (Å²) in [6.45, 7) is 0. The van der Waals surface area contributed by atoms with E-state index in [1.807, 2.05) is 23.9 Å². The highest BCUT2D eigenvalue weighted by Crippen LogP contribution is 2.39. The third-order valence-corrected chi connectivity index (χ3v) is 4.20. The standard InChI is InChI=1S/C13H12N2OS/c16-13-11(7-14-8-15-13)9-5-6-17-12-4-2-1-3-10(9)12/h1-4,7-9H,5-6H2,(H,14,15,16). The number of hydrogen-bond donors (Lipinski definition) is 1. The Bertz CT molecular complexity index is 594. The van der Waals surface area contributed by atoms with Crippen LogP contribution < -0.4 is 5.56 Å². The molecule has 1 aliphatic heterocycles. The number of nitrogens with zero attached hydrogens (tertiary/aromatic N) is 1. The molecule has 2 heterocycles. The molecule has 0 bridgehead atoms. The van der Waals surface area contributed by atoms with E-state index in [9.17, 15) is 4.79 Å². The normalized spacial score (nSPS) is 18.7. The Morgan fingerprint density at radius 3 is 3.06 bits per heavy atom. The van der Waals surface area contributed by atoms with Gasteiger partial charge in [0.2, 0.25) is 0 Å². The fourth-order valence-electron chi connectivity index (χ4n) is 2.27. The van der Waals surface area contributed by atoms with Crippen LogP contribution in [0.25, 0.3) is 0 Å². The minimum atomic E-state index is -0.0216. The molecule has 3 nitrogen and oxygen atoms in total. The summed E-state index contributed by atoms with van der Waals surface area (Å²) in [5, 5.41) is 0. The van der Waals surface area contributed by atoms with Crippen LogP contribution in [0.15, 0.2) is 46.5 Å². The SMILES string of the molecule is O=c1[nH]cncc1C1CCSc2ccccc21. The highest BCUT2D eigenvalue weighted by molar-refractivity contribution is 7.99. The van der Waals surface area contributed by atoms with Gasteiger partial charge in [0.15, 0.2) is 0 Å². The van der Waals surface area contributed by atoms with Gasteiger partial charge in [-0.3, -0.25) is 4.79 Å². The molecule has 1 aromatic heterocycles. The maximum atomic E-state index is 11.8. The first-order chi connectivity index (χ1) is 8.36. The van der Waals surface area contributed by atoms with Gasteiger partial charge in [-0.25, -0.2) is 4.98 Å². The first kappa shape index (κ1) is 10.6. The number of nitrogens with one attached hydrogen (secondary N) is 1. The van der Waals surface area contributed by atoms with E-state index in [2.05, 4.69) is 22.1 Å². The predicted molar refractivity (Wildman–Crippen MR) is 68.5 cm³/mol. The minimum Gasteiger partial charge on any atom is -0.313 e. The van der Waals surface area contributed by atoms with Crippen LogP contribution in [-0.4, -0.2) is 15.7 Å². The smallest absolute Gasteiger partial charge is 0.254 e. The monoisotopic (exact) mass is 244 g/mol. The largest absolute Gasteiger partial charge is 0.313 e. The third-order valence-electron chi connectivity index (χ3n) is 3.08. The maximum Gasteiger partial charge on any atom is 0.254 e. The van der Waals surface area contributed by atoms with E-state index in [1.54, 1.807) is 6.20 Å². The lowest BCUT2D eigenvalue weighted by atomic mass is 9.90. The molecule has 0 spiro atoms. The van der Waals surface area contributed by atoms with Crippen LogP contribution in [0.2, 0.25) is 0 Å². The summed E-state index contributed by atoms with van der Waals surface area (Å²) in [6.07, 6.45) is 4.13. The van der Waals surface area contributed by atoms with Crippen molar-refractivity contribution >= 4 is 11.8 Å². The van der Waals surface area contributed by atoms with E-state index in [0.717, 1.165) is 17.7 Å². The van der Waals surface area contributed by atoms with E-state index in [0.29, 0.717) is 0 Å². The Morgan fingerprint density at radius 2 is 2.18 bits per heavy atom. The summed E-state index contributed by atoms with van der Waals surface area (Å²) in [7, 11) is 0. The quantitative estimate of drug-likeness (QED) is 0.837. The highest BCUT2D eigenvalue weighted by Gasteiger charge is 2.23. The van der Waals surface area contributed by atoms with Crippen LogP contribution in [0, 0.1) is 0 Å². The predicted octanol–water partition coefficient (Wildman–Crippen LogP) is 2.40. The summed E-state index contributed by atoms with van der Waals surface area (Å²) in [5.74, 6) is 1.24. The van der Waals surface area contributed by atoms with Gasteiger partial charge in [-0.05, 0) is 23.8 Å². The Morgan fingerprint density at radius 1 is 1.29 bits per heavy atom. The van der Waals surface area contributed by atoms with Crippen LogP contribution in [-0.2, 0) is 0 Å². The lowest BCUT2D eigenvalue weighted by Crippen LogP contribution is -2.19. The molecule has 0 fully saturated rings. The summed E-state index contributed by atoms with van der Waals surface area (Å²) >= 11 is 1.86. The second-order valence-corrected chi connectivity index (χ2v) is 5.20. The molecule has 3 rings (SSSR count). The van der Waals surface area contributed by atoms with Crippen LogP contribution in [0.3, 0.4) is 0 Å². The minimum absolute atomic E-state index is 0.0216. The molecule has 0 saturated heterocycles. The maximum absolute atomic E-state index is 11.8. The Labute approximate surface area is 103 Å². The molecule has 17 heavy (non-hydrogen) atoms. The molecule has 86 valence electrons. The Balaban J connectivity index is 2.13. The number of aromatic nitrogens is 2. The van der Waals surface area contributed by atoms with Gasteiger partial charge in [0.05, 0.1) is 6.33 Å². The van der Waals surface area contributed by atoms with Gasteiger partial charge in [0.25, 0.3) is 5.56 Å². The van der Waals surface area contributed by atoms with Gasteiger partial charge < -0.3 is 4.98 Å². The first-order valence-corrected chi connectivity index (χ1v) is 6.59. The van der Waals surface area contributed by atoms with Crippen molar-refractivity contribution in [3.05, 3.63) is 58.3 Å². The molecule has 0 radical (unpaired) electrons. The van der Waals surface area contributed by atoms with Gasteiger partial charge in [-0.1, -0.05) is 18.2 Å². The van der Waals surface area contributed by atoms with E-state index < -0.39 is 0 Å². The van der Waals surface area contributed by atoms with Crippen molar-refractivity contribution in [2.45, 2.75) is 17.2 Å². The molecule has 0 aliphatic carbocycles. The fraction of sp³-hybridized carbons (Fsp3) is 0.231. The van der Waals surface area contributed by atoms with Gasteiger partial charge in [-0.2, -0.15) is 0 Å². The molecule has 1 aliphatic rings. The van der Waals surface area contributed by atoms with Crippen LogP contribution in [0.1, 0.15) is 23.5 Å². The van der Waals surface area contributed by atoms with E-state index >= 15 is 0 Å². The lowest BCUT2D eigenvalue weighted by Gasteiger charge is -2.24. The van der Waals surface area contributed by atoms with Crippen molar-refractivity contribution in [3.63, 3.8) is 0 Å². The topological polar surface area (TPSA) is 45.8 Å². The number of fused-ring (bicyclic) bond motifs is 1. The van der Waals surface area contributed by atoms with Crippen LogP contribution in [0.5, 0.6) is 0 Å². The number of hydrogen-bond acceptors (Lipinski definition) is 3. The zero-order valence-electron chi connectivity index (χ0n) is 9.22. The van der Waals surface area contributed by atoms with Crippen LogP contribution >= 0.6 is 11.8 Å². The molecule has 4 heteroatoms. The van der Waals surface area contributed by atoms with Crippen molar-refractivity contribution < 1.29 is 0 Å². The molecule has 1 aromatic carbocycles. The molecular formula is C13H12N2OS. The van der Waals surface area contributed by atoms with Crippen molar-refractivity contribution in [2.75, 3.05) is 5.75 Å². The van der Waals surface area contributed by atoms with Gasteiger partial charge >= 0.3 is 0 Å². The van der Waals surface area contributed by atoms with Gasteiger partial charge in [0.1, 0.15) is 0 Å². The number of thioether (sulfide) groups is 1. The summed E-state index contributed by atoms with van der Waals surface area (Å²) < 4.78 is 0. The van der Waals surface area contributed by atoms with Crippen molar-refractivity contribution in [1.29, 1.82) is 0 Å². The van der Waals surface area contributed by atoms with E-state index in [-0.39, 0.29) is 11.5 Å². The second-order valence-electron chi connectivity index (χ2n) is 4.06. The van der Waals surface area contributed by atoms with E-state index in [1.165, 1.54) is 16.8 Å². The Hall–Kier alpha value is -1.55. The van der Waals surface area contributed by atoms with Crippen molar-refractivity contribution in [2.24, 2.45) is 0 Å². The average molecular weight is 244 g/mol. The zero-order chi connectivity index (χ0) is 11.7. The molecule has 2 aromatic rings. The fourth-order valence-corrected chi connectivity index (χ4v) is 3.39. The summed E-state index contributed by atoms with van der Waals surface area (Å²) in [6, 6.07) is 8.30. The van der Waals surface area contributed by atoms with E-state index in [4.69, 9.17) is 0 Å². The lowest BCUT2D eigenvalue weighted by molar-refractivity contribution is 0.737. The zero-order valence-corrected chi connectivity index (χ0v) is 10.0. The van der Waals surface area contributed by atoms with Gasteiger partial charge in [0, 0.05) is 22.6 Å². The average Bonchev–Trinajstić information content (AvgIpc) is 2.39. The number of rotatable bonds is 1. The highest BCUT2D eigenvalue weighted by atomic mass is 32.2. The Kier molecular flexibility index (Phi) is 2.73. The molecule has 1 atom stereocenters. The molecule has 1 N–H and O–H groups in total. The molecular weight excluding hydrogens is 232 g/mol.